The fraction of sp³-hybridized carbons (Fsp3) is 0.222. The molecule has 3 aromatic carbocycles. The first-order valence-electron chi connectivity index (χ1n) is 11.2. The van der Waals surface area contributed by atoms with Crippen LogP contribution >= 0.6 is 0 Å². The molecule has 0 bridgehead atoms. The Hall–Kier alpha value is -4.53. The van der Waals surface area contributed by atoms with Crippen LogP contribution in [-0.4, -0.2) is 45.1 Å². The number of ketones is 2. The number of aromatic hydroxyl groups is 4. The number of phenolic OH excluding ortho intramolecular Hbond substituents is 4. The van der Waals surface area contributed by atoms with Crippen molar-refractivity contribution in [1.29, 1.82) is 0 Å². The zero-order valence-electron chi connectivity index (χ0n) is 19.5. The number of carbonyl (C=O) groups excluding carboxylic acids is 3. The van der Waals surface area contributed by atoms with E-state index >= 15 is 0 Å². The van der Waals surface area contributed by atoms with Crippen LogP contribution in [0, 0.1) is 13.8 Å². The molecule has 9 nitrogen and oxygen atoms in total. The van der Waals surface area contributed by atoms with Gasteiger partial charge in [0.05, 0.1) is 23.8 Å². The molecule has 0 spiro atoms. The second-order valence-corrected chi connectivity index (χ2v) is 9.21. The third kappa shape index (κ3) is 2.41. The van der Waals surface area contributed by atoms with Gasteiger partial charge in [0.2, 0.25) is 5.78 Å². The Bertz CT molecular complexity index is 1630. The molecule has 0 atom stereocenters. The van der Waals surface area contributed by atoms with Crippen molar-refractivity contribution < 1.29 is 44.3 Å². The number of benzene rings is 3. The fourth-order valence-electron chi connectivity index (χ4n) is 5.77. The van der Waals surface area contributed by atoms with Crippen LogP contribution in [0.1, 0.15) is 70.0 Å². The van der Waals surface area contributed by atoms with E-state index in [1.54, 1.807) is 6.07 Å². The molecule has 1 heterocycles. The number of hydrogen-bond donors (Lipinski definition) is 4. The van der Waals surface area contributed by atoms with Crippen LogP contribution in [0.5, 0.6) is 28.7 Å². The normalized spacial score (nSPS) is 15.0. The number of methoxy groups -OCH3 is 1. The number of hydrogen-bond acceptors (Lipinski definition) is 9. The minimum atomic E-state index is -0.784. The van der Waals surface area contributed by atoms with Crippen LogP contribution < -0.4 is 4.74 Å². The summed E-state index contributed by atoms with van der Waals surface area (Å²) in [6, 6.07) is 1.73. The highest BCUT2D eigenvalue weighted by atomic mass is 16.5. The zero-order chi connectivity index (χ0) is 25.8. The number of ether oxygens (including phenoxy) is 2. The molecule has 36 heavy (non-hydrogen) atoms. The van der Waals surface area contributed by atoms with Crippen molar-refractivity contribution in [3.05, 3.63) is 61.7 Å². The molecule has 3 aromatic rings. The maximum atomic E-state index is 13.8. The standard InChI is InChI=1S/C27H20O9/c1-8-13-17(21(29)9(2)20(8)28)25(33)19-18(22(13)30)24(32)16-12(26(19)35-3)5-4-10-6-11-7-36-27(34)15(11)23(31)14(10)16/h6,28-29,31-32H,4-5,7H2,1-3H3. The summed E-state index contributed by atoms with van der Waals surface area (Å²) in [6.45, 7) is 2.90. The van der Waals surface area contributed by atoms with E-state index in [2.05, 4.69) is 0 Å². The number of carbonyl (C=O) groups is 3. The van der Waals surface area contributed by atoms with Crippen molar-refractivity contribution in [2.24, 2.45) is 0 Å². The molecule has 182 valence electrons. The number of aryl methyl sites for hydroxylation is 1. The molecule has 0 radical (unpaired) electrons. The average molecular weight is 488 g/mol. The van der Waals surface area contributed by atoms with Gasteiger partial charge in [-0.25, -0.2) is 4.79 Å². The Labute approximate surface area is 204 Å². The van der Waals surface area contributed by atoms with E-state index in [1.165, 1.54) is 21.0 Å². The molecule has 0 fully saturated rings. The molecule has 6 rings (SSSR count). The highest BCUT2D eigenvalue weighted by Gasteiger charge is 2.44. The summed E-state index contributed by atoms with van der Waals surface area (Å²) >= 11 is 0. The van der Waals surface area contributed by atoms with Gasteiger partial charge in [-0.15, -0.1) is 0 Å². The summed E-state index contributed by atoms with van der Waals surface area (Å²) in [5, 5.41) is 43.8. The first-order chi connectivity index (χ1) is 17.1. The van der Waals surface area contributed by atoms with Crippen LogP contribution in [0.2, 0.25) is 0 Å². The van der Waals surface area contributed by atoms with Crippen LogP contribution in [-0.2, 0) is 24.2 Å². The lowest BCUT2D eigenvalue weighted by Crippen LogP contribution is -2.25. The lowest BCUT2D eigenvalue weighted by molar-refractivity contribution is 0.0533. The summed E-state index contributed by atoms with van der Waals surface area (Å²) in [4.78, 5) is 39.8. The molecule has 2 aliphatic carbocycles. The van der Waals surface area contributed by atoms with E-state index in [0.717, 1.165) is 0 Å². The predicted molar refractivity (Wildman–Crippen MR) is 124 cm³/mol. The average Bonchev–Trinajstić information content (AvgIpc) is 3.23. The molecule has 4 N–H and O–H groups in total. The molecule has 9 heteroatoms. The Morgan fingerprint density at radius 2 is 1.33 bits per heavy atom. The number of rotatable bonds is 1. The van der Waals surface area contributed by atoms with Gasteiger partial charge < -0.3 is 29.9 Å². The summed E-state index contributed by atoms with van der Waals surface area (Å²) in [6.07, 6.45) is 0.718. The third-order valence-corrected chi connectivity index (χ3v) is 7.49. The van der Waals surface area contributed by atoms with Gasteiger partial charge in [0.1, 0.15) is 40.9 Å². The Morgan fingerprint density at radius 1 is 0.694 bits per heavy atom. The number of fused-ring (bicyclic) bond motifs is 6. The lowest BCUT2D eigenvalue weighted by Gasteiger charge is -2.30. The Morgan fingerprint density at radius 3 is 2.03 bits per heavy atom. The minimum absolute atomic E-state index is 0.00778. The van der Waals surface area contributed by atoms with Crippen molar-refractivity contribution in [2.75, 3.05) is 7.11 Å². The molecule has 0 aromatic heterocycles. The zero-order valence-corrected chi connectivity index (χ0v) is 19.5. The van der Waals surface area contributed by atoms with Crippen molar-refractivity contribution in [3.8, 4) is 39.9 Å². The molecule has 3 aliphatic rings. The summed E-state index contributed by atoms with van der Waals surface area (Å²) in [5.74, 6) is -3.95. The molecule has 0 saturated carbocycles. The monoisotopic (exact) mass is 488 g/mol. The summed E-state index contributed by atoms with van der Waals surface area (Å²) < 4.78 is 10.7. The summed E-state index contributed by atoms with van der Waals surface area (Å²) in [7, 11) is 1.32. The van der Waals surface area contributed by atoms with E-state index in [9.17, 15) is 34.8 Å². The lowest BCUT2D eigenvalue weighted by atomic mass is 9.74. The first kappa shape index (κ1) is 22.0. The molecule has 0 amide bonds. The molecule has 0 saturated heterocycles. The second kappa shape index (κ2) is 7.00. The van der Waals surface area contributed by atoms with Crippen LogP contribution in [0.4, 0.5) is 0 Å². The Balaban J connectivity index is 1.73. The maximum absolute atomic E-state index is 13.8. The quantitative estimate of drug-likeness (QED) is 0.296. The van der Waals surface area contributed by atoms with Gasteiger partial charge in [-0.3, -0.25) is 9.59 Å². The van der Waals surface area contributed by atoms with E-state index in [1.807, 2.05) is 0 Å². The number of cyclic esters (lactones) is 1. The highest BCUT2D eigenvalue weighted by molar-refractivity contribution is 6.32. The first-order valence-corrected chi connectivity index (χ1v) is 11.2. The van der Waals surface area contributed by atoms with Crippen LogP contribution in [0.3, 0.4) is 0 Å². The largest absolute Gasteiger partial charge is 0.507 e. The van der Waals surface area contributed by atoms with Gasteiger partial charge in [0.25, 0.3) is 0 Å². The Kier molecular flexibility index (Phi) is 4.27. The van der Waals surface area contributed by atoms with Crippen LogP contribution in [0.25, 0.3) is 11.1 Å². The fourth-order valence-corrected chi connectivity index (χ4v) is 5.77. The van der Waals surface area contributed by atoms with Gasteiger partial charge >= 0.3 is 5.97 Å². The second-order valence-electron chi connectivity index (χ2n) is 9.21. The van der Waals surface area contributed by atoms with E-state index in [4.69, 9.17) is 9.47 Å². The smallest absolute Gasteiger partial charge is 0.342 e. The third-order valence-electron chi connectivity index (χ3n) is 7.49. The van der Waals surface area contributed by atoms with Crippen LogP contribution in [0.15, 0.2) is 6.07 Å². The maximum Gasteiger partial charge on any atom is 0.342 e. The van der Waals surface area contributed by atoms with Gasteiger partial charge in [0.15, 0.2) is 5.78 Å². The number of phenols is 4. The van der Waals surface area contributed by atoms with Crippen molar-refractivity contribution in [2.45, 2.75) is 33.3 Å². The highest BCUT2D eigenvalue weighted by Crippen LogP contribution is 2.55. The number of esters is 1. The van der Waals surface area contributed by atoms with Gasteiger partial charge in [-0.05, 0) is 32.3 Å². The van der Waals surface area contributed by atoms with Crippen molar-refractivity contribution in [3.63, 3.8) is 0 Å². The SMILES string of the molecule is COc1c2c(c(O)c3c1C(=O)c1c(O)c(C)c(O)c(C)c1C3=O)-c1c(cc3c(c1O)C(=O)OC3)CC2. The minimum Gasteiger partial charge on any atom is -0.507 e. The van der Waals surface area contributed by atoms with E-state index < -0.39 is 29.0 Å². The molecule has 0 unspecified atom stereocenters. The molecule has 1 aliphatic heterocycles. The van der Waals surface area contributed by atoms with Gasteiger partial charge in [-0.2, -0.15) is 0 Å². The van der Waals surface area contributed by atoms with E-state index in [-0.39, 0.29) is 73.9 Å². The molecular weight excluding hydrogens is 468 g/mol. The molecular formula is C27H20O9. The van der Waals surface area contributed by atoms with Gasteiger partial charge in [0, 0.05) is 38.9 Å². The van der Waals surface area contributed by atoms with Crippen molar-refractivity contribution in [1.82, 2.24) is 0 Å². The summed E-state index contributed by atoms with van der Waals surface area (Å²) in [5.41, 5.74) is 0.915. The van der Waals surface area contributed by atoms with Gasteiger partial charge in [-0.1, -0.05) is 6.07 Å². The topological polar surface area (TPSA) is 151 Å². The van der Waals surface area contributed by atoms with Crippen molar-refractivity contribution >= 4 is 17.5 Å². The van der Waals surface area contributed by atoms with E-state index in [0.29, 0.717) is 29.5 Å². The predicted octanol–water partition coefficient (Wildman–Crippen LogP) is 3.35.